The van der Waals surface area contributed by atoms with E-state index in [2.05, 4.69) is 4.98 Å². The van der Waals surface area contributed by atoms with E-state index in [1.54, 1.807) is 12.4 Å². The maximum absolute atomic E-state index is 10.4. The standard InChI is InChI=1S/C11H16N2O2/c1-7-5-13-6-8(2)11(7)9(12)3-4-10(14)15/h5-6,9H,3-4,12H2,1-2H3,(H,14,15). The second-order valence-electron chi connectivity index (χ2n) is 3.73. The van der Waals surface area contributed by atoms with Crippen molar-refractivity contribution >= 4 is 5.97 Å². The van der Waals surface area contributed by atoms with Gasteiger partial charge in [0.1, 0.15) is 0 Å². The van der Waals surface area contributed by atoms with Crippen molar-refractivity contribution in [2.75, 3.05) is 0 Å². The van der Waals surface area contributed by atoms with Crippen LogP contribution < -0.4 is 5.73 Å². The summed E-state index contributed by atoms with van der Waals surface area (Å²) in [5.41, 5.74) is 9.02. The lowest BCUT2D eigenvalue weighted by Crippen LogP contribution is -2.15. The minimum atomic E-state index is -0.810. The van der Waals surface area contributed by atoms with Gasteiger partial charge in [0.25, 0.3) is 0 Å². The molecule has 1 aromatic heterocycles. The molecule has 1 heterocycles. The summed E-state index contributed by atoms with van der Waals surface area (Å²) >= 11 is 0. The predicted octanol–water partition coefficient (Wildman–Crippen LogP) is 1.56. The van der Waals surface area contributed by atoms with Crippen molar-refractivity contribution in [2.45, 2.75) is 32.7 Å². The third kappa shape index (κ3) is 3.02. The molecule has 3 N–H and O–H groups in total. The van der Waals surface area contributed by atoms with Crippen LogP contribution in [-0.2, 0) is 4.79 Å². The number of rotatable bonds is 4. The van der Waals surface area contributed by atoms with Gasteiger partial charge in [-0.1, -0.05) is 0 Å². The van der Waals surface area contributed by atoms with Crippen LogP contribution in [0.5, 0.6) is 0 Å². The zero-order valence-electron chi connectivity index (χ0n) is 9.03. The lowest BCUT2D eigenvalue weighted by Gasteiger charge is -2.15. The zero-order chi connectivity index (χ0) is 11.4. The molecule has 1 atom stereocenters. The number of hydrogen-bond acceptors (Lipinski definition) is 3. The van der Waals surface area contributed by atoms with Crippen molar-refractivity contribution in [1.82, 2.24) is 4.98 Å². The van der Waals surface area contributed by atoms with Gasteiger partial charge in [-0.25, -0.2) is 0 Å². The molecule has 1 aromatic rings. The molecule has 0 aliphatic heterocycles. The predicted molar refractivity (Wildman–Crippen MR) is 57.5 cm³/mol. The van der Waals surface area contributed by atoms with Crippen LogP contribution in [0.3, 0.4) is 0 Å². The molecule has 0 amide bonds. The van der Waals surface area contributed by atoms with Crippen molar-refractivity contribution in [3.05, 3.63) is 29.1 Å². The van der Waals surface area contributed by atoms with E-state index in [1.165, 1.54) is 0 Å². The van der Waals surface area contributed by atoms with Crippen molar-refractivity contribution in [1.29, 1.82) is 0 Å². The van der Waals surface area contributed by atoms with E-state index >= 15 is 0 Å². The van der Waals surface area contributed by atoms with Gasteiger partial charge in [-0.05, 0) is 37.0 Å². The number of nitrogens with two attached hydrogens (primary N) is 1. The Labute approximate surface area is 89.1 Å². The largest absolute Gasteiger partial charge is 0.481 e. The Balaban J connectivity index is 2.81. The molecule has 0 saturated carbocycles. The van der Waals surface area contributed by atoms with Gasteiger partial charge in [0.2, 0.25) is 0 Å². The number of nitrogens with zero attached hydrogens (tertiary/aromatic N) is 1. The molecule has 1 unspecified atom stereocenters. The second kappa shape index (κ2) is 4.89. The van der Waals surface area contributed by atoms with Crippen molar-refractivity contribution < 1.29 is 9.90 Å². The quantitative estimate of drug-likeness (QED) is 0.787. The number of aryl methyl sites for hydroxylation is 2. The molecule has 0 aliphatic carbocycles. The Kier molecular flexibility index (Phi) is 3.80. The molecule has 0 bridgehead atoms. The summed E-state index contributed by atoms with van der Waals surface area (Å²) in [7, 11) is 0. The number of carbonyl (C=O) groups is 1. The van der Waals surface area contributed by atoms with Crippen molar-refractivity contribution in [3.8, 4) is 0 Å². The number of aromatic nitrogens is 1. The summed E-state index contributed by atoms with van der Waals surface area (Å²) in [5.74, 6) is -0.810. The van der Waals surface area contributed by atoms with Gasteiger partial charge in [-0.15, -0.1) is 0 Å². The van der Waals surface area contributed by atoms with Crippen LogP contribution in [0.15, 0.2) is 12.4 Å². The summed E-state index contributed by atoms with van der Waals surface area (Å²) in [6.45, 7) is 3.88. The molecule has 0 fully saturated rings. The van der Waals surface area contributed by atoms with Gasteiger partial charge in [0.15, 0.2) is 0 Å². The van der Waals surface area contributed by atoms with E-state index in [-0.39, 0.29) is 12.5 Å². The highest BCUT2D eigenvalue weighted by Crippen LogP contribution is 2.22. The number of hydrogen-bond donors (Lipinski definition) is 2. The molecule has 82 valence electrons. The number of carboxylic acids is 1. The van der Waals surface area contributed by atoms with Gasteiger partial charge in [-0.3, -0.25) is 9.78 Å². The minimum Gasteiger partial charge on any atom is -0.481 e. The second-order valence-corrected chi connectivity index (χ2v) is 3.73. The Hall–Kier alpha value is -1.42. The van der Waals surface area contributed by atoms with Gasteiger partial charge >= 0.3 is 5.97 Å². The van der Waals surface area contributed by atoms with Gasteiger partial charge < -0.3 is 10.8 Å². The van der Waals surface area contributed by atoms with Gasteiger partial charge in [-0.2, -0.15) is 0 Å². The van der Waals surface area contributed by atoms with E-state index in [0.29, 0.717) is 6.42 Å². The fraction of sp³-hybridized carbons (Fsp3) is 0.455. The summed E-state index contributed by atoms with van der Waals surface area (Å²) < 4.78 is 0. The van der Waals surface area contributed by atoms with Crippen LogP contribution >= 0.6 is 0 Å². The molecule has 1 rings (SSSR count). The van der Waals surface area contributed by atoms with Crippen LogP contribution in [0, 0.1) is 13.8 Å². The van der Waals surface area contributed by atoms with E-state index in [1.807, 2.05) is 13.8 Å². The molecule has 4 heteroatoms. The van der Waals surface area contributed by atoms with Gasteiger partial charge in [0.05, 0.1) is 0 Å². The Morgan fingerprint density at radius 1 is 1.47 bits per heavy atom. The summed E-state index contributed by atoms with van der Waals surface area (Å²) in [6.07, 6.45) is 4.06. The van der Waals surface area contributed by atoms with Crippen LogP contribution in [0.25, 0.3) is 0 Å². The highest BCUT2D eigenvalue weighted by atomic mass is 16.4. The van der Waals surface area contributed by atoms with Gasteiger partial charge in [0, 0.05) is 24.9 Å². The highest BCUT2D eigenvalue weighted by Gasteiger charge is 2.13. The molecule has 0 aromatic carbocycles. The summed E-state index contributed by atoms with van der Waals surface area (Å²) in [5, 5.41) is 8.58. The monoisotopic (exact) mass is 208 g/mol. The van der Waals surface area contributed by atoms with Crippen molar-refractivity contribution in [2.24, 2.45) is 5.73 Å². The zero-order valence-corrected chi connectivity index (χ0v) is 9.03. The SMILES string of the molecule is Cc1cncc(C)c1C(N)CCC(=O)O. The number of aliphatic carboxylic acids is 1. The fourth-order valence-electron chi connectivity index (χ4n) is 1.72. The van der Waals surface area contributed by atoms with Crippen molar-refractivity contribution in [3.63, 3.8) is 0 Å². The van der Waals surface area contributed by atoms with Crippen LogP contribution in [-0.4, -0.2) is 16.1 Å². The topological polar surface area (TPSA) is 76.2 Å². The van der Waals surface area contributed by atoms with E-state index in [4.69, 9.17) is 10.8 Å². The average molecular weight is 208 g/mol. The highest BCUT2D eigenvalue weighted by molar-refractivity contribution is 5.66. The molecular formula is C11H16N2O2. The maximum atomic E-state index is 10.4. The van der Waals surface area contributed by atoms with Crippen LogP contribution in [0.2, 0.25) is 0 Å². The minimum absolute atomic E-state index is 0.0996. The first-order valence-corrected chi connectivity index (χ1v) is 4.91. The third-order valence-corrected chi connectivity index (χ3v) is 2.43. The van der Waals surface area contributed by atoms with E-state index in [9.17, 15) is 4.79 Å². The third-order valence-electron chi connectivity index (χ3n) is 2.43. The molecule has 4 nitrogen and oxygen atoms in total. The average Bonchev–Trinajstić information content (AvgIpc) is 2.14. The maximum Gasteiger partial charge on any atom is 0.303 e. The lowest BCUT2D eigenvalue weighted by molar-refractivity contribution is -0.137. The summed E-state index contributed by atoms with van der Waals surface area (Å²) in [6, 6.07) is -0.218. The molecule has 0 spiro atoms. The Morgan fingerprint density at radius 2 is 2.00 bits per heavy atom. The number of pyridine rings is 1. The van der Waals surface area contributed by atoms with E-state index in [0.717, 1.165) is 16.7 Å². The van der Waals surface area contributed by atoms with E-state index < -0.39 is 5.97 Å². The Bertz CT molecular complexity index is 343. The molecule has 0 saturated heterocycles. The molecule has 0 aliphatic rings. The first-order valence-electron chi connectivity index (χ1n) is 4.91. The normalized spacial score (nSPS) is 12.5. The van der Waals surface area contributed by atoms with Crippen LogP contribution in [0.4, 0.5) is 0 Å². The molecule has 0 radical (unpaired) electrons. The summed E-state index contributed by atoms with van der Waals surface area (Å²) in [4.78, 5) is 14.5. The lowest BCUT2D eigenvalue weighted by atomic mass is 9.96. The fourth-order valence-corrected chi connectivity index (χ4v) is 1.72. The number of carboxylic acid groups (broad SMARTS) is 1. The van der Waals surface area contributed by atoms with Crippen LogP contribution in [0.1, 0.15) is 35.6 Å². The first-order chi connectivity index (χ1) is 7.02. The molecular weight excluding hydrogens is 192 g/mol. The first kappa shape index (κ1) is 11.7. The molecule has 15 heavy (non-hydrogen) atoms. The smallest absolute Gasteiger partial charge is 0.303 e. The Morgan fingerprint density at radius 3 is 2.47 bits per heavy atom.